The summed E-state index contributed by atoms with van der Waals surface area (Å²) < 4.78 is 0. The summed E-state index contributed by atoms with van der Waals surface area (Å²) in [5.74, 6) is 0. The Bertz CT molecular complexity index is 182. The summed E-state index contributed by atoms with van der Waals surface area (Å²) in [6, 6.07) is -0.0758. The van der Waals surface area contributed by atoms with Crippen LogP contribution < -0.4 is 16.4 Å². The van der Waals surface area contributed by atoms with Gasteiger partial charge in [0.1, 0.15) is 0 Å². The number of nitrogens with two attached hydrogens (primary N) is 1. The highest BCUT2D eigenvalue weighted by molar-refractivity contribution is 5.73. The Hall–Kier alpha value is -0.770. The van der Waals surface area contributed by atoms with Crippen LogP contribution in [0.25, 0.3) is 0 Å². The van der Waals surface area contributed by atoms with Crippen LogP contribution in [0.4, 0.5) is 4.79 Å². The molecule has 0 aliphatic rings. The number of rotatable bonds is 8. The fourth-order valence-corrected chi connectivity index (χ4v) is 1.57. The van der Waals surface area contributed by atoms with Crippen molar-refractivity contribution >= 4 is 6.03 Å². The van der Waals surface area contributed by atoms with Gasteiger partial charge in [0.25, 0.3) is 0 Å². The van der Waals surface area contributed by atoms with Crippen LogP contribution >= 0.6 is 0 Å². The average molecular weight is 229 g/mol. The lowest BCUT2D eigenvalue weighted by molar-refractivity contribution is 0.222. The summed E-state index contributed by atoms with van der Waals surface area (Å²) >= 11 is 0. The van der Waals surface area contributed by atoms with Gasteiger partial charge < -0.3 is 16.4 Å². The Balaban J connectivity index is 3.87. The van der Waals surface area contributed by atoms with Gasteiger partial charge in [0.15, 0.2) is 0 Å². The smallest absolute Gasteiger partial charge is 0.314 e. The molecule has 0 aliphatic carbocycles. The molecule has 4 heteroatoms. The zero-order valence-electron chi connectivity index (χ0n) is 10.9. The van der Waals surface area contributed by atoms with E-state index in [1.807, 2.05) is 0 Å². The van der Waals surface area contributed by atoms with Crippen LogP contribution in [0.5, 0.6) is 0 Å². The summed E-state index contributed by atoms with van der Waals surface area (Å²) in [6.45, 7) is 8.37. The fraction of sp³-hybridized carbons (Fsp3) is 0.917. The number of amides is 2. The molecule has 2 amide bonds. The van der Waals surface area contributed by atoms with E-state index in [-0.39, 0.29) is 11.4 Å². The molecule has 0 aliphatic heterocycles. The SMILES string of the molecule is CCCCNC(=O)NCC(CC)(CC)CN. The van der Waals surface area contributed by atoms with Gasteiger partial charge in [-0.15, -0.1) is 0 Å². The molecule has 4 nitrogen and oxygen atoms in total. The predicted molar refractivity (Wildman–Crippen MR) is 68.4 cm³/mol. The average Bonchev–Trinajstić information content (AvgIpc) is 2.32. The van der Waals surface area contributed by atoms with Gasteiger partial charge in [0, 0.05) is 13.1 Å². The van der Waals surface area contributed by atoms with Gasteiger partial charge in [-0.3, -0.25) is 0 Å². The van der Waals surface area contributed by atoms with Crippen LogP contribution in [0.3, 0.4) is 0 Å². The minimum absolute atomic E-state index is 0.0576. The Kier molecular flexibility index (Phi) is 7.99. The third-order valence-electron chi connectivity index (χ3n) is 3.37. The van der Waals surface area contributed by atoms with E-state index in [1.165, 1.54) is 0 Å². The van der Waals surface area contributed by atoms with Crippen LogP contribution in [-0.4, -0.2) is 25.7 Å². The Morgan fingerprint density at radius 1 is 1.19 bits per heavy atom. The topological polar surface area (TPSA) is 67.2 Å². The van der Waals surface area contributed by atoms with Gasteiger partial charge in [0.05, 0.1) is 0 Å². The number of nitrogens with one attached hydrogen (secondary N) is 2. The zero-order valence-corrected chi connectivity index (χ0v) is 10.9. The van der Waals surface area contributed by atoms with Crippen molar-refractivity contribution in [2.24, 2.45) is 11.1 Å². The molecule has 0 fully saturated rings. The molecule has 96 valence electrons. The van der Waals surface area contributed by atoms with Crippen molar-refractivity contribution in [1.29, 1.82) is 0 Å². The van der Waals surface area contributed by atoms with Crippen LogP contribution in [-0.2, 0) is 0 Å². The summed E-state index contributed by atoms with van der Waals surface area (Å²) in [4.78, 5) is 11.4. The van der Waals surface area contributed by atoms with Gasteiger partial charge in [-0.25, -0.2) is 4.79 Å². The molecule has 0 heterocycles. The standard InChI is InChI=1S/C12H27N3O/c1-4-7-8-14-11(16)15-10-12(5-2,6-3)9-13/h4-10,13H2,1-3H3,(H2,14,15,16). The van der Waals surface area contributed by atoms with Gasteiger partial charge >= 0.3 is 6.03 Å². The van der Waals surface area contributed by atoms with E-state index in [2.05, 4.69) is 31.4 Å². The maximum atomic E-state index is 11.4. The molecule has 0 bridgehead atoms. The largest absolute Gasteiger partial charge is 0.338 e. The van der Waals surface area contributed by atoms with Crippen molar-refractivity contribution in [2.45, 2.75) is 46.5 Å². The number of carbonyl (C=O) groups is 1. The van der Waals surface area contributed by atoms with E-state index in [0.717, 1.165) is 32.2 Å². The van der Waals surface area contributed by atoms with Crippen LogP contribution in [0, 0.1) is 5.41 Å². The quantitative estimate of drug-likeness (QED) is 0.556. The number of hydrogen-bond acceptors (Lipinski definition) is 2. The van der Waals surface area contributed by atoms with E-state index < -0.39 is 0 Å². The molecular weight excluding hydrogens is 202 g/mol. The Morgan fingerprint density at radius 2 is 1.81 bits per heavy atom. The second-order valence-electron chi connectivity index (χ2n) is 4.37. The van der Waals surface area contributed by atoms with Gasteiger partial charge in [-0.05, 0) is 31.2 Å². The molecule has 0 saturated heterocycles. The van der Waals surface area contributed by atoms with Gasteiger partial charge in [-0.1, -0.05) is 27.2 Å². The molecule has 0 spiro atoms. The molecule has 0 aromatic heterocycles. The van der Waals surface area contributed by atoms with Crippen LogP contribution in [0.2, 0.25) is 0 Å². The first-order chi connectivity index (χ1) is 7.64. The number of unbranched alkanes of at least 4 members (excludes halogenated alkanes) is 1. The van der Waals surface area contributed by atoms with E-state index in [1.54, 1.807) is 0 Å². The lowest BCUT2D eigenvalue weighted by atomic mass is 9.82. The molecule has 0 aromatic carbocycles. The van der Waals surface area contributed by atoms with Crippen molar-refractivity contribution in [3.05, 3.63) is 0 Å². The van der Waals surface area contributed by atoms with Gasteiger partial charge in [0.2, 0.25) is 0 Å². The first-order valence-electron chi connectivity index (χ1n) is 6.36. The third-order valence-corrected chi connectivity index (χ3v) is 3.37. The highest BCUT2D eigenvalue weighted by Crippen LogP contribution is 2.23. The summed E-state index contributed by atoms with van der Waals surface area (Å²) in [7, 11) is 0. The van der Waals surface area contributed by atoms with E-state index in [9.17, 15) is 4.79 Å². The minimum Gasteiger partial charge on any atom is -0.338 e. The van der Waals surface area contributed by atoms with E-state index >= 15 is 0 Å². The molecule has 0 aromatic rings. The zero-order chi connectivity index (χ0) is 12.4. The number of urea groups is 1. The second-order valence-corrected chi connectivity index (χ2v) is 4.37. The molecule has 0 saturated carbocycles. The van der Waals surface area contributed by atoms with Crippen molar-refractivity contribution < 1.29 is 4.79 Å². The minimum atomic E-state index is -0.0758. The molecule has 4 N–H and O–H groups in total. The van der Waals surface area contributed by atoms with Crippen molar-refractivity contribution in [2.75, 3.05) is 19.6 Å². The summed E-state index contributed by atoms with van der Waals surface area (Å²) in [5, 5.41) is 5.74. The van der Waals surface area contributed by atoms with Crippen molar-refractivity contribution in [3.8, 4) is 0 Å². The van der Waals surface area contributed by atoms with Crippen molar-refractivity contribution in [1.82, 2.24) is 10.6 Å². The summed E-state index contributed by atoms with van der Waals surface area (Å²) in [5.41, 5.74) is 5.82. The highest BCUT2D eigenvalue weighted by atomic mass is 16.2. The lowest BCUT2D eigenvalue weighted by Gasteiger charge is -2.30. The molecule has 0 rings (SSSR count). The number of carbonyl (C=O) groups excluding carboxylic acids is 1. The monoisotopic (exact) mass is 229 g/mol. The Labute approximate surface area is 99.4 Å². The normalized spacial score (nSPS) is 11.2. The lowest BCUT2D eigenvalue weighted by Crippen LogP contribution is -2.45. The first kappa shape index (κ1) is 15.2. The van der Waals surface area contributed by atoms with Crippen molar-refractivity contribution in [3.63, 3.8) is 0 Å². The maximum absolute atomic E-state index is 11.4. The molecule has 0 unspecified atom stereocenters. The van der Waals surface area contributed by atoms with E-state index in [4.69, 9.17) is 5.73 Å². The third kappa shape index (κ3) is 5.35. The first-order valence-corrected chi connectivity index (χ1v) is 6.36. The molecule has 16 heavy (non-hydrogen) atoms. The Morgan fingerprint density at radius 3 is 2.25 bits per heavy atom. The fourth-order valence-electron chi connectivity index (χ4n) is 1.57. The molecule has 0 radical (unpaired) electrons. The van der Waals surface area contributed by atoms with E-state index in [0.29, 0.717) is 13.1 Å². The molecular formula is C12H27N3O. The maximum Gasteiger partial charge on any atom is 0.314 e. The van der Waals surface area contributed by atoms with Gasteiger partial charge in [-0.2, -0.15) is 0 Å². The second kappa shape index (κ2) is 8.39. The molecule has 0 atom stereocenters. The van der Waals surface area contributed by atoms with Crippen LogP contribution in [0.15, 0.2) is 0 Å². The summed E-state index contributed by atoms with van der Waals surface area (Å²) in [6.07, 6.45) is 4.11. The van der Waals surface area contributed by atoms with Crippen LogP contribution in [0.1, 0.15) is 46.5 Å². The number of hydrogen-bond donors (Lipinski definition) is 3. The predicted octanol–water partition coefficient (Wildman–Crippen LogP) is 1.85. The highest BCUT2D eigenvalue weighted by Gasteiger charge is 2.24.